The maximum absolute atomic E-state index is 14.4. The van der Waals surface area contributed by atoms with Gasteiger partial charge in [-0.1, -0.05) is 76.2 Å². The highest BCUT2D eigenvalue weighted by Crippen LogP contribution is 2.58. The summed E-state index contributed by atoms with van der Waals surface area (Å²) in [6.07, 6.45) is 0.849. The Kier molecular flexibility index (Phi) is 8.41. The van der Waals surface area contributed by atoms with Crippen molar-refractivity contribution < 1.29 is 28.6 Å². The number of aliphatic hydroxyl groups excluding tert-OH is 1. The number of anilines is 1. The van der Waals surface area contributed by atoms with Gasteiger partial charge in [-0.2, -0.15) is 0 Å². The quantitative estimate of drug-likeness (QED) is 0.134. The van der Waals surface area contributed by atoms with Gasteiger partial charge in [0.1, 0.15) is 23.3 Å². The Morgan fingerprint density at radius 2 is 1.81 bits per heavy atom. The summed E-state index contributed by atoms with van der Waals surface area (Å²) >= 11 is 0. The lowest BCUT2D eigenvalue weighted by Gasteiger charge is -2.28. The summed E-state index contributed by atoms with van der Waals surface area (Å²) in [6, 6.07) is 21.0. The molecule has 0 saturated carbocycles. The van der Waals surface area contributed by atoms with Gasteiger partial charge in [0.05, 0.1) is 0 Å². The first-order valence-electron chi connectivity index (χ1n) is 18.1. The van der Waals surface area contributed by atoms with Crippen LogP contribution >= 0.6 is 0 Å². The molecule has 5 heterocycles. The molecule has 1 unspecified atom stereocenters. The van der Waals surface area contributed by atoms with E-state index in [0.29, 0.717) is 24.5 Å². The molecule has 0 saturated heterocycles. The fourth-order valence-corrected chi connectivity index (χ4v) is 8.04. The second-order valence-electron chi connectivity index (χ2n) is 14.9. The van der Waals surface area contributed by atoms with Crippen molar-refractivity contribution in [1.29, 1.82) is 0 Å². The standard InChI is InChI=1S/C41H43N5O6/c1-21(2)33-39-46-34(38(50)42-16-15-24-20-43-29-11-7-5-9-26(24)29)36(52-39)41-27-10-6-8-12-30(27)44-40(41)51-32-14-13-23(18-28(32)41)17-25(37(49)45-33)19-31(47)35(48)22(3)4/h5-14,18,20-22,25,33,35,40,43-44,48H,15-17,19H2,1-4H3,(H,42,50)(H,45,49)/t25-,33+,35+,40+,41?/m1/s1. The van der Waals surface area contributed by atoms with Gasteiger partial charge in [-0.05, 0) is 59.6 Å². The van der Waals surface area contributed by atoms with Crippen LogP contribution in [0.1, 0.15) is 84.6 Å². The highest BCUT2D eigenvalue weighted by Gasteiger charge is 2.61. The lowest BCUT2D eigenvalue weighted by Crippen LogP contribution is -2.41. The lowest BCUT2D eigenvalue weighted by atomic mass is 9.72. The topological polar surface area (TPSA) is 159 Å². The number of ether oxygens (including phenoxy) is 1. The zero-order valence-electron chi connectivity index (χ0n) is 29.7. The van der Waals surface area contributed by atoms with Crippen LogP contribution in [0.2, 0.25) is 0 Å². The number of carbonyl (C=O) groups excluding carboxylic acids is 3. The number of nitrogens with one attached hydrogen (secondary N) is 4. The number of benzene rings is 3. The number of amides is 2. The van der Waals surface area contributed by atoms with Gasteiger partial charge in [0.15, 0.2) is 23.5 Å². The first kappa shape index (κ1) is 33.7. The number of hydrogen-bond acceptors (Lipinski definition) is 8. The number of carbonyl (C=O) groups is 3. The third-order valence-corrected chi connectivity index (χ3v) is 10.8. The fourth-order valence-electron chi connectivity index (χ4n) is 8.04. The molecule has 5 atom stereocenters. The van der Waals surface area contributed by atoms with Crippen LogP contribution in [-0.2, 0) is 27.8 Å². The van der Waals surface area contributed by atoms with Crippen molar-refractivity contribution in [3.8, 4) is 5.75 Å². The first-order chi connectivity index (χ1) is 25.1. The van der Waals surface area contributed by atoms with Gasteiger partial charge in [-0.25, -0.2) is 4.98 Å². The normalized spacial score (nSPS) is 22.1. The Morgan fingerprint density at radius 3 is 2.62 bits per heavy atom. The Hall–Kier alpha value is -5.42. The molecule has 3 aliphatic heterocycles. The number of aromatic nitrogens is 2. The molecule has 268 valence electrons. The number of H-pyrrole nitrogens is 1. The molecule has 52 heavy (non-hydrogen) atoms. The number of rotatable bonds is 9. The van der Waals surface area contributed by atoms with Crippen LogP contribution in [0.25, 0.3) is 10.9 Å². The molecule has 5 aromatic rings. The van der Waals surface area contributed by atoms with Gasteiger partial charge < -0.3 is 35.2 Å². The van der Waals surface area contributed by atoms with Crippen molar-refractivity contribution >= 4 is 34.2 Å². The van der Waals surface area contributed by atoms with Gasteiger partial charge in [-0.3, -0.25) is 14.4 Å². The van der Waals surface area contributed by atoms with E-state index < -0.39 is 35.6 Å². The number of fused-ring (bicyclic) bond motifs is 5. The largest absolute Gasteiger partial charge is 0.469 e. The molecule has 2 amide bonds. The minimum Gasteiger partial charge on any atom is -0.469 e. The Morgan fingerprint density at radius 1 is 1.02 bits per heavy atom. The highest BCUT2D eigenvalue weighted by atomic mass is 16.5. The van der Waals surface area contributed by atoms with Crippen LogP contribution in [0.3, 0.4) is 0 Å². The van der Waals surface area contributed by atoms with E-state index in [1.807, 2.05) is 80.7 Å². The minimum atomic E-state index is -1.18. The second-order valence-corrected chi connectivity index (χ2v) is 14.9. The van der Waals surface area contributed by atoms with Crippen LogP contribution in [0.5, 0.6) is 5.75 Å². The molecule has 11 nitrogen and oxygen atoms in total. The summed E-state index contributed by atoms with van der Waals surface area (Å²) < 4.78 is 13.4. The number of hydrogen-bond donors (Lipinski definition) is 5. The molecule has 5 N–H and O–H groups in total. The predicted molar refractivity (Wildman–Crippen MR) is 195 cm³/mol. The van der Waals surface area contributed by atoms with E-state index in [2.05, 4.69) is 27.0 Å². The van der Waals surface area contributed by atoms with Crippen molar-refractivity contribution in [2.24, 2.45) is 17.8 Å². The third kappa shape index (κ3) is 5.46. The molecule has 8 rings (SSSR count). The number of oxazole rings is 1. The van der Waals surface area contributed by atoms with Crippen LogP contribution in [0.4, 0.5) is 5.69 Å². The van der Waals surface area contributed by atoms with Crippen molar-refractivity contribution in [2.75, 3.05) is 11.9 Å². The average Bonchev–Trinajstić information content (AvgIpc) is 3.89. The lowest BCUT2D eigenvalue weighted by molar-refractivity contribution is -0.135. The molecule has 3 aromatic carbocycles. The number of aliphatic hydroxyl groups is 1. The molecule has 0 aliphatic carbocycles. The van der Waals surface area contributed by atoms with E-state index in [0.717, 1.165) is 38.8 Å². The third-order valence-electron chi connectivity index (χ3n) is 10.8. The highest BCUT2D eigenvalue weighted by molar-refractivity contribution is 5.95. The number of para-hydroxylation sites is 2. The van der Waals surface area contributed by atoms with Crippen LogP contribution < -0.4 is 20.7 Å². The van der Waals surface area contributed by atoms with Crippen LogP contribution in [0.15, 0.2) is 77.3 Å². The summed E-state index contributed by atoms with van der Waals surface area (Å²) in [4.78, 5) is 49.9. The van der Waals surface area contributed by atoms with E-state index in [4.69, 9.17) is 14.1 Å². The van der Waals surface area contributed by atoms with Gasteiger partial charge >= 0.3 is 0 Å². The average molecular weight is 702 g/mol. The summed E-state index contributed by atoms with van der Waals surface area (Å²) in [5, 5.41) is 21.5. The molecule has 3 aliphatic rings. The van der Waals surface area contributed by atoms with Gasteiger partial charge in [0.25, 0.3) is 5.91 Å². The van der Waals surface area contributed by atoms with Gasteiger partial charge in [-0.15, -0.1) is 0 Å². The smallest absolute Gasteiger partial charge is 0.273 e. The molecular weight excluding hydrogens is 658 g/mol. The summed E-state index contributed by atoms with van der Waals surface area (Å²) in [5.74, 6) is -1.26. The zero-order valence-corrected chi connectivity index (χ0v) is 29.7. The minimum absolute atomic E-state index is 0.116. The molecule has 0 fully saturated rings. The van der Waals surface area contributed by atoms with Crippen molar-refractivity contribution in [3.05, 3.63) is 113 Å². The number of nitrogens with zero attached hydrogens (tertiary/aromatic N) is 1. The maximum Gasteiger partial charge on any atom is 0.273 e. The molecule has 4 bridgehead atoms. The Bertz CT molecular complexity index is 2200. The molecule has 2 aromatic heterocycles. The Labute approximate surface area is 301 Å². The monoisotopic (exact) mass is 701 g/mol. The van der Waals surface area contributed by atoms with Crippen molar-refractivity contribution in [2.45, 2.75) is 70.7 Å². The van der Waals surface area contributed by atoms with E-state index in [-0.39, 0.29) is 48.0 Å². The van der Waals surface area contributed by atoms with Crippen molar-refractivity contribution in [3.63, 3.8) is 0 Å². The van der Waals surface area contributed by atoms with Crippen LogP contribution in [0, 0.1) is 17.8 Å². The summed E-state index contributed by atoms with van der Waals surface area (Å²) in [6.45, 7) is 7.79. The van der Waals surface area contributed by atoms with E-state index in [9.17, 15) is 19.5 Å². The van der Waals surface area contributed by atoms with E-state index in [1.54, 1.807) is 13.8 Å². The zero-order chi connectivity index (χ0) is 36.3. The molecular formula is C41H43N5O6. The van der Waals surface area contributed by atoms with E-state index in [1.165, 1.54) is 0 Å². The van der Waals surface area contributed by atoms with Gasteiger partial charge in [0, 0.05) is 47.2 Å². The predicted octanol–water partition coefficient (Wildman–Crippen LogP) is 5.57. The van der Waals surface area contributed by atoms with Crippen molar-refractivity contribution in [1.82, 2.24) is 20.6 Å². The Balaban J connectivity index is 1.25. The number of aromatic amines is 1. The van der Waals surface area contributed by atoms with Crippen LogP contribution in [-0.4, -0.2) is 51.5 Å². The number of ketones is 1. The molecule has 11 heteroatoms. The summed E-state index contributed by atoms with van der Waals surface area (Å²) in [5.41, 5.74) is 4.45. The fraction of sp³-hybridized carbons (Fsp3) is 0.366. The number of Topliss-reactive ketones (excluding diaryl/α,β-unsaturated/α-hetero) is 1. The first-order valence-corrected chi connectivity index (χ1v) is 18.1. The maximum atomic E-state index is 14.4. The molecule has 1 spiro atoms. The summed E-state index contributed by atoms with van der Waals surface area (Å²) in [7, 11) is 0. The second kappa shape index (κ2) is 13.0. The molecule has 0 radical (unpaired) electrons. The SMILES string of the molecule is CC(C)[C@H](O)C(=O)C[C@H]1Cc2ccc3c(c2)C2(c4ccccc4N[C@H]2O3)c2oc(nc2C(=O)NCCc2c[nH]c3ccccc23)[C@H](C(C)C)NC1=O. The van der Waals surface area contributed by atoms with Gasteiger partial charge in [0.2, 0.25) is 11.8 Å². The van der Waals surface area contributed by atoms with E-state index >= 15 is 0 Å².